The Morgan fingerprint density at radius 1 is 1.29 bits per heavy atom. The van der Waals surface area contributed by atoms with E-state index in [1.54, 1.807) is 38.1 Å². The number of hydrogen-bond donors (Lipinski definition) is 2. The first-order valence-electron chi connectivity index (χ1n) is 8.62. The van der Waals surface area contributed by atoms with Crippen molar-refractivity contribution in [3.8, 4) is 0 Å². The summed E-state index contributed by atoms with van der Waals surface area (Å²) in [5.74, 6) is 0.0474. The quantitative estimate of drug-likeness (QED) is 0.736. The predicted molar refractivity (Wildman–Crippen MR) is 98.5 cm³/mol. The topological polar surface area (TPSA) is 93.5 Å². The van der Waals surface area contributed by atoms with Gasteiger partial charge in [0.1, 0.15) is 17.0 Å². The van der Waals surface area contributed by atoms with Gasteiger partial charge in [0.15, 0.2) is 0 Å². The van der Waals surface area contributed by atoms with Gasteiger partial charge in [-0.15, -0.1) is 0 Å². The van der Waals surface area contributed by atoms with Crippen LogP contribution in [0.2, 0.25) is 0 Å². The number of halogens is 3. The van der Waals surface area contributed by atoms with Crippen LogP contribution in [0.1, 0.15) is 34.7 Å². The van der Waals surface area contributed by atoms with Gasteiger partial charge in [0.25, 0.3) is 5.91 Å². The predicted octanol–water partition coefficient (Wildman–Crippen LogP) is 4.43. The molecular formula is C19H19F3N4O2. The molecule has 1 amide bonds. The molecule has 6 nitrogen and oxygen atoms in total. The number of benzene rings is 1. The molecule has 0 aliphatic heterocycles. The van der Waals surface area contributed by atoms with E-state index in [4.69, 9.17) is 10.3 Å². The van der Waals surface area contributed by atoms with Gasteiger partial charge in [0.2, 0.25) is 0 Å². The van der Waals surface area contributed by atoms with Gasteiger partial charge >= 0.3 is 6.18 Å². The zero-order valence-electron chi connectivity index (χ0n) is 15.3. The monoisotopic (exact) mass is 392 g/mol. The summed E-state index contributed by atoms with van der Waals surface area (Å²) in [6.45, 7) is 3.31. The second-order valence-corrected chi connectivity index (χ2v) is 6.61. The first kappa shape index (κ1) is 19.7. The Morgan fingerprint density at radius 3 is 2.43 bits per heavy atom. The van der Waals surface area contributed by atoms with E-state index in [0.717, 1.165) is 18.9 Å². The maximum atomic E-state index is 12.7. The fourth-order valence-corrected chi connectivity index (χ4v) is 2.63. The van der Waals surface area contributed by atoms with Crippen LogP contribution >= 0.6 is 0 Å². The molecule has 0 bridgehead atoms. The average Bonchev–Trinajstić information content (AvgIpc) is 3.40. The zero-order chi connectivity index (χ0) is 20.5. The lowest BCUT2D eigenvalue weighted by molar-refractivity contribution is -0.0925. The minimum Gasteiger partial charge on any atom is -0.395 e. The molecule has 1 heterocycles. The van der Waals surface area contributed by atoms with E-state index in [9.17, 15) is 18.0 Å². The number of aliphatic imine (C=N–C) groups is 1. The highest BCUT2D eigenvalue weighted by Crippen LogP contribution is 2.34. The number of anilines is 1. The number of alkyl halides is 3. The fraction of sp³-hybridized carbons (Fsp3) is 0.316. The molecule has 1 aromatic carbocycles. The first-order valence-corrected chi connectivity index (χ1v) is 8.62. The van der Waals surface area contributed by atoms with Crippen LogP contribution in [0, 0.1) is 19.8 Å². The highest BCUT2D eigenvalue weighted by atomic mass is 19.4. The normalized spacial score (nSPS) is 15.6. The molecule has 1 aliphatic carbocycles. The van der Waals surface area contributed by atoms with Crippen molar-refractivity contribution in [3.05, 3.63) is 53.1 Å². The number of allylic oxidation sites excluding steroid dienone is 2. The minimum atomic E-state index is -4.58. The van der Waals surface area contributed by atoms with Crippen molar-refractivity contribution in [3.63, 3.8) is 0 Å². The van der Waals surface area contributed by atoms with E-state index in [1.807, 2.05) is 0 Å². The van der Waals surface area contributed by atoms with Crippen molar-refractivity contribution in [2.45, 2.75) is 32.9 Å². The summed E-state index contributed by atoms with van der Waals surface area (Å²) in [4.78, 5) is 16.6. The molecule has 0 saturated heterocycles. The summed E-state index contributed by atoms with van der Waals surface area (Å²) in [7, 11) is 0. The third-order valence-electron chi connectivity index (χ3n) is 4.27. The molecule has 3 rings (SSSR count). The number of carbonyl (C=O) groups excluding carboxylic acids is 1. The molecule has 1 aliphatic rings. The number of amides is 1. The number of nitrogens with two attached hydrogens (primary N) is 1. The summed E-state index contributed by atoms with van der Waals surface area (Å²) >= 11 is 0. The molecule has 148 valence electrons. The van der Waals surface area contributed by atoms with Gasteiger partial charge in [0, 0.05) is 17.3 Å². The summed E-state index contributed by atoms with van der Waals surface area (Å²) < 4.78 is 43.0. The van der Waals surface area contributed by atoms with E-state index in [2.05, 4.69) is 15.5 Å². The SMILES string of the molecule is Cc1noc(C)c1C(=O)Nc1ccc(N=C(C=C(N)C(F)(F)F)C2CC2)cc1. The number of nitrogens with zero attached hydrogens (tertiary/aromatic N) is 2. The van der Waals surface area contributed by atoms with E-state index < -0.39 is 11.9 Å². The average molecular weight is 392 g/mol. The fourth-order valence-electron chi connectivity index (χ4n) is 2.63. The maximum absolute atomic E-state index is 12.7. The van der Waals surface area contributed by atoms with Crippen LogP contribution in [0.15, 0.2) is 45.6 Å². The molecule has 0 atom stereocenters. The molecule has 0 radical (unpaired) electrons. The van der Waals surface area contributed by atoms with Gasteiger partial charge in [-0.2, -0.15) is 13.2 Å². The van der Waals surface area contributed by atoms with Crippen LogP contribution in [0.5, 0.6) is 0 Å². The van der Waals surface area contributed by atoms with Crippen LogP contribution in [-0.2, 0) is 0 Å². The van der Waals surface area contributed by atoms with E-state index in [-0.39, 0.29) is 11.8 Å². The highest BCUT2D eigenvalue weighted by Gasteiger charge is 2.34. The Kier molecular flexibility index (Phi) is 5.26. The third-order valence-corrected chi connectivity index (χ3v) is 4.27. The number of nitrogens with one attached hydrogen (secondary N) is 1. The molecule has 1 saturated carbocycles. The first-order chi connectivity index (χ1) is 13.1. The molecule has 0 unspecified atom stereocenters. The van der Waals surface area contributed by atoms with E-state index in [0.29, 0.717) is 34.1 Å². The molecule has 2 aromatic rings. The van der Waals surface area contributed by atoms with Crippen molar-refractivity contribution < 1.29 is 22.5 Å². The molecule has 1 fully saturated rings. The van der Waals surface area contributed by atoms with Crippen LogP contribution in [0.4, 0.5) is 24.5 Å². The highest BCUT2D eigenvalue weighted by molar-refractivity contribution is 6.05. The van der Waals surface area contributed by atoms with Crippen molar-refractivity contribution in [2.24, 2.45) is 16.6 Å². The summed E-state index contributed by atoms with van der Waals surface area (Å²) in [6, 6.07) is 6.47. The zero-order valence-corrected chi connectivity index (χ0v) is 15.3. The third kappa shape index (κ3) is 4.59. The minimum absolute atomic E-state index is 0.0141. The van der Waals surface area contributed by atoms with Gasteiger partial charge in [-0.1, -0.05) is 5.16 Å². The van der Waals surface area contributed by atoms with Crippen molar-refractivity contribution in [2.75, 3.05) is 5.32 Å². The van der Waals surface area contributed by atoms with Gasteiger partial charge < -0.3 is 15.6 Å². The number of carbonyl (C=O) groups is 1. The number of rotatable bonds is 5. The summed E-state index contributed by atoms with van der Waals surface area (Å²) in [5.41, 5.74) is 6.10. The van der Waals surface area contributed by atoms with Crippen LogP contribution < -0.4 is 11.1 Å². The van der Waals surface area contributed by atoms with Gasteiger partial charge in [-0.05, 0) is 57.0 Å². The number of hydrogen-bond acceptors (Lipinski definition) is 5. The second-order valence-electron chi connectivity index (χ2n) is 6.61. The summed E-state index contributed by atoms with van der Waals surface area (Å²) in [5, 5.41) is 6.47. The standard InChI is InChI=1S/C19H19F3N4O2/c1-10-17(11(2)28-26-10)18(27)25-14-7-5-13(6-8-14)24-15(12-3-4-12)9-16(23)19(20,21)22/h5-9,12H,3-4,23H2,1-2H3,(H,25,27). The maximum Gasteiger partial charge on any atom is 0.430 e. The van der Waals surface area contributed by atoms with Gasteiger partial charge in [-0.3, -0.25) is 9.79 Å². The Labute approximate surface area is 159 Å². The Balaban J connectivity index is 1.76. The Bertz CT molecular complexity index is 920. The molecular weight excluding hydrogens is 373 g/mol. The second kappa shape index (κ2) is 7.49. The van der Waals surface area contributed by atoms with Gasteiger partial charge in [0.05, 0.1) is 11.4 Å². The lowest BCUT2D eigenvalue weighted by atomic mass is 10.2. The van der Waals surface area contributed by atoms with Crippen molar-refractivity contribution in [1.82, 2.24) is 5.16 Å². The molecule has 9 heteroatoms. The number of aryl methyl sites for hydroxylation is 2. The van der Waals surface area contributed by atoms with Gasteiger partial charge in [-0.25, -0.2) is 0 Å². The molecule has 0 spiro atoms. The number of aromatic nitrogens is 1. The van der Waals surface area contributed by atoms with Crippen LogP contribution in [0.25, 0.3) is 0 Å². The molecule has 3 N–H and O–H groups in total. The van der Waals surface area contributed by atoms with Crippen LogP contribution in [-0.4, -0.2) is 23.0 Å². The van der Waals surface area contributed by atoms with Crippen molar-refractivity contribution >= 4 is 23.0 Å². The van der Waals surface area contributed by atoms with Crippen LogP contribution in [0.3, 0.4) is 0 Å². The molecule has 28 heavy (non-hydrogen) atoms. The smallest absolute Gasteiger partial charge is 0.395 e. The lowest BCUT2D eigenvalue weighted by Gasteiger charge is -2.08. The van der Waals surface area contributed by atoms with Crippen molar-refractivity contribution in [1.29, 1.82) is 0 Å². The summed E-state index contributed by atoms with van der Waals surface area (Å²) in [6.07, 6.45) is -2.12. The molecule has 1 aromatic heterocycles. The Hall–Kier alpha value is -3.10. The van der Waals surface area contributed by atoms with E-state index >= 15 is 0 Å². The van der Waals surface area contributed by atoms with E-state index in [1.165, 1.54) is 0 Å². The Morgan fingerprint density at radius 2 is 1.93 bits per heavy atom. The lowest BCUT2D eigenvalue weighted by Crippen LogP contribution is -2.21. The largest absolute Gasteiger partial charge is 0.430 e.